The van der Waals surface area contributed by atoms with Crippen LogP contribution in [-0.4, -0.2) is 23.1 Å². The minimum Gasteiger partial charge on any atom is -0.477 e. The molecule has 0 fully saturated rings. The zero-order valence-electron chi connectivity index (χ0n) is 10.2. The Bertz CT molecular complexity index is 644. The number of carbonyl (C=O) groups is 1. The summed E-state index contributed by atoms with van der Waals surface area (Å²) in [6, 6.07) is 12.4. The van der Waals surface area contributed by atoms with E-state index in [2.05, 4.69) is 11.1 Å². The van der Waals surface area contributed by atoms with Gasteiger partial charge in [-0.15, -0.1) is 0 Å². The molecule has 94 valence electrons. The number of aromatic nitrogens is 1. The molecule has 2 aromatic rings. The summed E-state index contributed by atoms with van der Waals surface area (Å²) in [5.74, 6) is -1.06. The second kappa shape index (κ2) is 5.19. The Balaban J connectivity index is 2.36. The van der Waals surface area contributed by atoms with Gasteiger partial charge in [0, 0.05) is 7.05 Å². The van der Waals surface area contributed by atoms with Crippen molar-refractivity contribution in [1.82, 2.24) is 4.98 Å². The van der Waals surface area contributed by atoms with E-state index in [1.807, 2.05) is 12.1 Å². The van der Waals surface area contributed by atoms with Gasteiger partial charge in [0.2, 0.25) is 0 Å². The highest BCUT2D eigenvalue weighted by Gasteiger charge is 2.10. The summed E-state index contributed by atoms with van der Waals surface area (Å²) < 4.78 is 0. The van der Waals surface area contributed by atoms with Crippen LogP contribution in [-0.2, 0) is 0 Å². The Labute approximate surface area is 110 Å². The van der Waals surface area contributed by atoms with Gasteiger partial charge < -0.3 is 10.0 Å². The number of aromatic carboxylic acids is 1. The minimum absolute atomic E-state index is 0.00859. The van der Waals surface area contributed by atoms with Gasteiger partial charge in [-0.25, -0.2) is 9.78 Å². The molecule has 1 heterocycles. The fraction of sp³-hybridized carbons (Fsp3) is 0.0714. The molecule has 0 atom stereocenters. The Kier molecular flexibility index (Phi) is 3.44. The third-order valence-corrected chi connectivity index (χ3v) is 2.74. The van der Waals surface area contributed by atoms with E-state index in [1.54, 1.807) is 30.1 Å². The molecule has 1 N–H and O–H groups in total. The highest BCUT2D eigenvalue weighted by Crippen LogP contribution is 2.25. The highest BCUT2D eigenvalue weighted by atomic mass is 16.4. The normalized spacial score (nSPS) is 9.68. The van der Waals surface area contributed by atoms with E-state index in [-0.39, 0.29) is 5.69 Å². The lowest BCUT2D eigenvalue weighted by Crippen LogP contribution is -2.12. The summed E-state index contributed by atoms with van der Waals surface area (Å²) in [4.78, 5) is 16.4. The molecule has 0 spiro atoms. The van der Waals surface area contributed by atoms with E-state index in [0.717, 1.165) is 5.69 Å². The fourth-order valence-electron chi connectivity index (χ4n) is 1.71. The van der Waals surface area contributed by atoms with Crippen molar-refractivity contribution in [3.63, 3.8) is 0 Å². The molecular weight excluding hydrogens is 242 g/mol. The molecule has 0 saturated carbocycles. The second-order valence-corrected chi connectivity index (χ2v) is 3.89. The van der Waals surface area contributed by atoms with Gasteiger partial charge in [0.15, 0.2) is 0 Å². The first kappa shape index (κ1) is 12.6. The number of pyridine rings is 1. The van der Waals surface area contributed by atoms with Crippen LogP contribution in [0, 0.1) is 11.3 Å². The van der Waals surface area contributed by atoms with E-state index in [4.69, 9.17) is 10.4 Å². The van der Waals surface area contributed by atoms with Gasteiger partial charge in [0.05, 0.1) is 23.1 Å². The maximum Gasteiger partial charge on any atom is 0.354 e. The Morgan fingerprint density at radius 1 is 1.32 bits per heavy atom. The van der Waals surface area contributed by atoms with Crippen LogP contribution in [0.5, 0.6) is 0 Å². The van der Waals surface area contributed by atoms with Crippen molar-refractivity contribution in [2.24, 2.45) is 0 Å². The average molecular weight is 253 g/mol. The first-order valence-corrected chi connectivity index (χ1v) is 5.55. The van der Waals surface area contributed by atoms with Crippen LogP contribution in [0.15, 0.2) is 42.6 Å². The number of carboxylic acids is 1. The molecular formula is C14H11N3O2. The van der Waals surface area contributed by atoms with Gasteiger partial charge in [0.1, 0.15) is 11.8 Å². The summed E-state index contributed by atoms with van der Waals surface area (Å²) in [5, 5.41) is 17.9. The SMILES string of the molecule is CN(c1ccc(C(=O)O)nc1)c1ccccc1C#N. The number of hydrogen-bond donors (Lipinski definition) is 1. The molecule has 0 amide bonds. The van der Waals surface area contributed by atoms with Crippen LogP contribution < -0.4 is 4.90 Å². The zero-order chi connectivity index (χ0) is 13.8. The number of nitrogens with zero attached hydrogens (tertiary/aromatic N) is 3. The van der Waals surface area contributed by atoms with Crippen molar-refractivity contribution >= 4 is 17.3 Å². The Morgan fingerprint density at radius 2 is 2.05 bits per heavy atom. The van der Waals surface area contributed by atoms with Crippen LogP contribution in [0.3, 0.4) is 0 Å². The summed E-state index contributed by atoms with van der Waals surface area (Å²) in [6.07, 6.45) is 1.47. The van der Waals surface area contributed by atoms with Crippen LogP contribution in [0.25, 0.3) is 0 Å². The third-order valence-electron chi connectivity index (χ3n) is 2.74. The quantitative estimate of drug-likeness (QED) is 0.908. The largest absolute Gasteiger partial charge is 0.477 e. The van der Waals surface area contributed by atoms with Crippen molar-refractivity contribution in [3.05, 3.63) is 53.9 Å². The van der Waals surface area contributed by atoms with Crippen molar-refractivity contribution in [3.8, 4) is 6.07 Å². The van der Waals surface area contributed by atoms with Crippen molar-refractivity contribution in [1.29, 1.82) is 5.26 Å². The molecule has 0 aliphatic rings. The first-order valence-electron chi connectivity index (χ1n) is 5.55. The molecule has 0 saturated heterocycles. The summed E-state index contributed by atoms with van der Waals surface area (Å²) in [7, 11) is 1.80. The van der Waals surface area contributed by atoms with Crippen LogP contribution in [0.4, 0.5) is 11.4 Å². The van der Waals surface area contributed by atoms with E-state index >= 15 is 0 Å². The molecule has 0 unspecified atom stereocenters. The smallest absolute Gasteiger partial charge is 0.354 e. The summed E-state index contributed by atoms with van der Waals surface area (Å²) in [6.45, 7) is 0. The van der Waals surface area contributed by atoms with E-state index < -0.39 is 5.97 Å². The lowest BCUT2D eigenvalue weighted by molar-refractivity contribution is 0.0690. The molecule has 0 aliphatic carbocycles. The highest BCUT2D eigenvalue weighted by molar-refractivity contribution is 5.85. The van der Waals surface area contributed by atoms with Gasteiger partial charge in [-0.05, 0) is 24.3 Å². The van der Waals surface area contributed by atoms with Crippen LogP contribution >= 0.6 is 0 Å². The summed E-state index contributed by atoms with van der Waals surface area (Å²) >= 11 is 0. The molecule has 0 bridgehead atoms. The topological polar surface area (TPSA) is 77.2 Å². The van der Waals surface area contributed by atoms with Crippen molar-refractivity contribution < 1.29 is 9.90 Å². The standard InChI is InChI=1S/C14H11N3O2/c1-17(13-5-3-2-4-10(13)8-15)11-6-7-12(14(18)19)16-9-11/h2-7,9H,1H3,(H,18,19). The predicted octanol–water partition coefficient (Wildman–Crippen LogP) is 2.42. The molecule has 1 aromatic heterocycles. The molecule has 5 heteroatoms. The maximum atomic E-state index is 10.7. The van der Waals surface area contributed by atoms with Gasteiger partial charge in [0.25, 0.3) is 0 Å². The Morgan fingerprint density at radius 3 is 2.63 bits per heavy atom. The fourth-order valence-corrected chi connectivity index (χ4v) is 1.71. The number of para-hydroxylation sites is 1. The number of benzene rings is 1. The lowest BCUT2D eigenvalue weighted by atomic mass is 10.1. The molecule has 5 nitrogen and oxygen atoms in total. The van der Waals surface area contributed by atoms with Crippen LogP contribution in [0.1, 0.15) is 16.1 Å². The molecule has 19 heavy (non-hydrogen) atoms. The van der Waals surface area contributed by atoms with Crippen LogP contribution in [0.2, 0.25) is 0 Å². The molecule has 0 radical (unpaired) electrons. The average Bonchev–Trinajstić information content (AvgIpc) is 2.46. The predicted molar refractivity (Wildman–Crippen MR) is 70.4 cm³/mol. The first-order chi connectivity index (χ1) is 9.13. The Hall–Kier alpha value is -2.87. The lowest BCUT2D eigenvalue weighted by Gasteiger charge is -2.20. The van der Waals surface area contributed by atoms with Crippen molar-refractivity contribution in [2.75, 3.05) is 11.9 Å². The summed E-state index contributed by atoms with van der Waals surface area (Å²) in [5.41, 5.74) is 2.00. The number of anilines is 2. The van der Waals surface area contributed by atoms with Gasteiger partial charge in [-0.1, -0.05) is 12.1 Å². The number of rotatable bonds is 3. The molecule has 1 aromatic carbocycles. The van der Waals surface area contributed by atoms with E-state index in [9.17, 15) is 4.79 Å². The van der Waals surface area contributed by atoms with Crippen molar-refractivity contribution in [2.45, 2.75) is 0 Å². The zero-order valence-corrected chi connectivity index (χ0v) is 10.2. The van der Waals surface area contributed by atoms with Gasteiger partial charge in [-0.3, -0.25) is 0 Å². The molecule has 2 rings (SSSR count). The minimum atomic E-state index is -1.06. The molecule has 0 aliphatic heterocycles. The van der Waals surface area contributed by atoms with Gasteiger partial charge in [-0.2, -0.15) is 5.26 Å². The van der Waals surface area contributed by atoms with Gasteiger partial charge >= 0.3 is 5.97 Å². The second-order valence-electron chi connectivity index (χ2n) is 3.89. The number of hydrogen-bond acceptors (Lipinski definition) is 4. The van der Waals surface area contributed by atoms with E-state index in [1.165, 1.54) is 12.3 Å². The maximum absolute atomic E-state index is 10.7. The number of nitriles is 1. The monoisotopic (exact) mass is 253 g/mol. The third kappa shape index (κ3) is 2.53. The number of carboxylic acid groups (broad SMARTS) is 1. The van der Waals surface area contributed by atoms with E-state index in [0.29, 0.717) is 11.3 Å².